The first-order valence-electron chi connectivity index (χ1n) is 10.7. The van der Waals surface area contributed by atoms with E-state index in [2.05, 4.69) is 10.6 Å². The molecule has 0 fully saturated rings. The Hall–Kier alpha value is -2.52. The second-order valence-electron chi connectivity index (χ2n) is 7.27. The third kappa shape index (κ3) is 6.49. The zero-order valence-electron chi connectivity index (χ0n) is 18.3. The summed E-state index contributed by atoms with van der Waals surface area (Å²) in [5.41, 5.74) is 1.34. The number of nitrogens with one attached hydrogen (secondary N) is 2. The number of benzene rings is 1. The maximum Gasteiger partial charge on any atom is 0.414 e. The summed E-state index contributed by atoms with van der Waals surface area (Å²) in [7, 11) is 1.64. The average molecular weight is 477 g/mol. The number of aryl methyl sites for hydroxylation is 1. The SMILES string of the molecule is CCOC(=O)NC(=O)c1c(NC(=O)CCCSc2ccc(OC)cc2)sc2c1CCCC2. The van der Waals surface area contributed by atoms with E-state index in [4.69, 9.17) is 9.47 Å². The molecule has 1 aromatic heterocycles. The summed E-state index contributed by atoms with van der Waals surface area (Å²) in [6.45, 7) is 1.86. The van der Waals surface area contributed by atoms with Crippen LogP contribution in [0.4, 0.5) is 9.80 Å². The van der Waals surface area contributed by atoms with Gasteiger partial charge in [0.25, 0.3) is 5.91 Å². The van der Waals surface area contributed by atoms with Gasteiger partial charge in [0.15, 0.2) is 0 Å². The van der Waals surface area contributed by atoms with Gasteiger partial charge in [-0.25, -0.2) is 4.79 Å². The predicted octanol–water partition coefficient (Wildman–Crippen LogP) is 5.03. The molecule has 0 atom stereocenters. The minimum atomic E-state index is -0.777. The number of carbonyl (C=O) groups excluding carboxylic acids is 3. The van der Waals surface area contributed by atoms with Crippen molar-refractivity contribution >= 4 is 46.0 Å². The van der Waals surface area contributed by atoms with Gasteiger partial charge in [0.2, 0.25) is 5.91 Å². The minimum Gasteiger partial charge on any atom is -0.497 e. The summed E-state index contributed by atoms with van der Waals surface area (Å²) >= 11 is 3.12. The van der Waals surface area contributed by atoms with E-state index in [0.717, 1.165) is 52.5 Å². The molecular weight excluding hydrogens is 448 g/mol. The van der Waals surface area contributed by atoms with Gasteiger partial charge in [-0.3, -0.25) is 14.9 Å². The van der Waals surface area contributed by atoms with Crippen molar-refractivity contribution in [2.75, 3.05) is 24.8 Å². The molecule has 1 aliphatic carbocycles. The Balaban J connectivity index is 1.57. The normalized spacial score (nSPS) is 12.6. The summed E-state index contributed by atoms with van der Waals surface area (Å²) in [5, 5.41) is 5.70. The van der Waals surface area contributed by atoms with E-state index in [0.29, 0.717) is 23.4 Å². The zero-order valence-corrected chi connectivity index (χ0v) is 20.0. The van der Waals surface area contributed by atoms with Crippen LogP contribution in [-0.2, 0) is 22.4 Å². The number of methoxy groups -OCH3 is 1. The van der Waals surface area contributed by atoms with Gasteiger partial charge in [-0.15, -0.1) is 23.1 Å². The van der Waals surface area contributed by atoms with Crippen LogP contribution in [0.2, 0.25) is 0 Å². The third-order valence-electron chi connectivity index (χ3n) is 5.02. The molecule has 0 radical (unpaired) electrons. The molecule has 2 aromatic rings. The molecular formula is C23H28N2O5S2. The molecule has 9 heteroatoms. The molecule has 172 valence electrons. The molecule has 2 N–H and O–H groups in total. The number of anilines is 1. The Labute approximate surface area is 196 Å². The van der Waals surface area contributed by atoms with Gasteiger partial charge in [0, 0.05) is 16.2 Å². The summed E-state index contributed by atoms with van der Waals surface area (Å²) in [4.78, 5) is 39.3. The monoisotopic (exact) mass is 476 g/mol. The van der Waals surface area contributed by atoms with Crippen LogP contribution in [0.25, 0.3) is 0 Å². The first-order chi connectivity index (χ1) is 15.5. The van der Waals surface area contributed by atoms with Crippen LogP contribution in [0.3, 0.4) is 0 Å². The van der Waals surface area contributed by atoms with Crippen molar-refractivity contribution in [3.05, 3.63) is 40.3 Å². The number of carbonyl (C=O) groups is 3. The highest BCUT2D eigenvalue weighted by Gasteiger charge is 2.27. The maximum absolute atomic E-state index is 12.8. The first-order valence-corrected chi connectivity index (χ1v) is 12.5. The van der Waals surface area contributed by atoms with Crippen LogP contribution >= 0.6 is 23.1 Å². The number of ether oxygens (including phenoxy) is 2. The quantitative estimate of drug-likeness (QED) is 0.389. The minimum absolute atomic E-state index is 0.135. The van der Waals surface area contributed by atoms with E-state index in [1.54, 1.807) is 25.8 Å². The maximum atomic E-state index is 12.8. The summed E-state index contributed by atoms with van der Waals surface area (Å²) in [6, 6.07) is 7.81. The molecule has 0 saturated heterocycles. The van der Waals surface area contributed by atoms with E-state index < -0.39 is 12.0 Å². The Bertz CT molecular complexity index is 956. The number of hydrogen-bond acceptors (Lipinski definition) is 7. The Kier molecular flexibility index (Phi) is 8.99. The highest BCUT2D eigenvalue weighted by molar-refractivity contribution is 7.99. The fourth-order valence-electron chi connectivity index (χ4n) is 3.50. The van der Waals surface area contributed by atoms with Gasteiger partial charge >= 0.3 is 6.09 Å². The highest BCUT2D eigenvalue weighted by atomic mass is 32.2. The Morgan fingerprint density at radius 1 is 1.12 bits per heavy atom. The Morgan fingerprint density at radius 3 is 2.59 bits per heavy atom. The molecule has 0 bridgehead atoms. The largest absolute Gasteiger partial charge is 0.497 e. The number of imide groups is 1. The lowest BCUT2D eigenvalue weighted by Crippen LogP contribution is -2.32. The fourth-order valence-corrected chi connectivity index (χ4v) is 5.66. The molecule has 1 aromatic carbocycles. The second kappa shape index (κ2) is 11.9. The van der Waals surface area contributed by atoms with Crippen LogP contribution in [0.15, 0.2) is 29.2 Å². The van der Waals surface area contributed by atoms with Gasteiger partial charge in [-0.1, -0.05) is 0 Å². The second-order valence-corrected chi connectivity index (χ2v) is 9.54. The molecule has 7 nitrogen and oxygen atoms in total. The van der Waals surface area contributed by atoms with Crippen molar-refractivity contribution in [2.24, 2.45) is 0 Å². The van der Waals surface area contributed by atoms with Crippen LogP contribution < -0.4 is 15.4 Å². The third-order valence-corrected chi connectivity index (χ3v) is 7.32. The van der Waals surface area contributed by atoms with Crippen molar-refractivity contribution in [3.8, 4) is 5.75 Å². The smallest absolute Gasteiger partial charge is 0.414 e. The number of alkyl carbamates (subject to hydrolysis) is 1. The van der Waals surface area contributed by atoms with Crippen LogP contribution in [0, 0.1) is 0 Å². The topological polar surface area (TPSA) is 93.7 Å². The molecule has 0 spiro atoms. The molecule has 1 heterocycles. The number of rotatable bonds is 9. The van der Waals surface area contributed by atoms with E-state index in [9.17, 15) is 14.4 Å². The molecule has 3 amide bonds. The van der Waals surface area contributed by atoms with Gasteiger partial charge in [0.1, 0.15) is 10.8 Å². The highest BCUT2D eigenvalue weighted by Crippen LogP contribution is 2.38. The zero-order chi connectivity index (χ0) is 22.9. The van der Waals surface area contributed by atoms with Crippen molar-refractivity contribution in [1.29, 1.82) is 0 Å². The molecule has 0 unspecified atom stereocenters. The fraction of sp³-hybridized carbons (Fsp3) is 0.435. The molecule has 0 saturated carbocycles. The average Bonchev–Trinajstić information content (AvgIpc) is 3.15. The lowest BCUT2D eigenvalue weighted by atomic mass is 9.95. The molecule has 1 aliphatic rings. The lowest BCUT2D eigenvalue weighted by molar-refractivity contribution is -0.116. The van der Waals surface area contributed by atoms with Crippen molar-refractivity contribution in [1.82, 2.24) is 5.32 Å². The van der Waals surface area contributed by atoms with Crippen molar-refractivity contribution < 1.29 is 23.9 Å². The van der Waals surface area contributed by atoms with Crippen LogP contribution in [0.5, 0.6) is 5.75 Å². The van der Waals surface area contributed by atoms with E-state index >= 15 is 0 Å². The molecule has 0 aliphatic heterocycles. The van der Waals surface area contributed by atoms with Gasteiger partial charge in [-0.2, -0.15) is 0 Å². The van der Waals surface area contributed by atoms with E-state index in [1.807, 2.05) is 24.3 Å². The van der Waals surface area contributed by atoms with Crippen LogP contribution in [-0.4, -0.2) is 37.4 Å². The summed E-state index contributed by atoms with van der Waals surface area (Å²) in [6.07, 6.45) is 3.98. The van der Waals surface area contributed by atoms with Gasteiger partial charge in [-0.05, 0) is 74.6 Å². The van der Waals surface area contributed by atoms with E-state index in [1.165, 1.54) is 11.3 Å². The lowest BCUT2D eigenvalue weighted by Gasteiger charge is -2.13. The standard InChI is InChI=1S/C23H28N2O5S2/c1-3-30-23(28)25-21(27)20-17-7-4-5-8-18(17)32-22(20)24-19(26)9-6-14-31-16-12-10-15(29-2)11-13-16/h10-13H,3-9,14H2,1-2H3,(H,24,26)(H,25,27,28). The first kappa shape index (κ1) is 24.1. The van der Waals surface area contributed by atoms with Crippen molar-refractivity contribution in [2.45, 2.75) is 50.3 Å². The summed E-state index contributed by atoms with van der Waals surface area (Å²) < 4.78 is 9.98. The van der Waals surface area contributed by atoms with Crippen LogP contribution in [0.1, 0.15) is 53.4 Å². The predicted molar refractivity (Wildman–Crippen MR) is 127 cm³/mol. The molecule has 3 rings (SSSR count). The number of thioether (sulfide) groups is 1. The number of hydrogen-bond donors (Lipinski definition) is 2. The number of fused-ring (bicyclic) bond motifs is 1. The van der Waals surface area contributed by atoms with E-state index in [-0.39, 0.29) is 12.5 Å². The summed E-state index contributed by atoms with van der Waals surface area (Å²) in [5.74, 6) is 0.962. The Morgan fingerprint density at radius 2 is 1.88 bits per heavy atom. The van der Waals surface area contributed by atoms with Gasteiger partial charge < -0.3 is 14.8 Å². The molecule has 32 heavy (non-hydrogen) atoms. The van der Waals surface area contributed by atoms with Crippen molar-refractivity contribution in [3.63, 3.8) is 0 Å². The van der Waals surface area contributed by atoms with Gasteiger partial charge in [0.05, 0.1) is 19.3 Å². The number of thiophene rings is 1. The number of amides is 3.